The van der Waals surface area contributed by atoms with Crippen LogP contribution in [0.5, 0.6) is 11.5 Å². The summed E-state index contributed by atoms with van der Waals surface area (Å²) >= 11 is 0. The number of nitroso groups, excluding NO2 is 1. The van der Waals surface area contributed by atoms with E-state index in [2.05, 4.69) is 15.1 Å². The van der Waals surface area contributed by atoms with E-state index in [1.165, 1.54) is 0 Å². The third-order valence-corrected chi connectivity index (χ3v) is 4.05. The number of phenols is 2. The summed E-state index contributed by atoms with van der Waals surface area (Å²) in [5.41, 5.74) is 3.84. The van der Waals surface area contributed by atoms with Crippen LogP contribution in [0.4, 0.5) is 5.69 Å². The zero-order valence-corrected chi connectivity index (χ0v) is 13.5. The van der Waals surface area contributed by atoms with Crippen molar-refractivity contribution in [2.45, 2.75) is 0 Å². The SMILES string of the molecule is O=Nc1cccc2nc(-c3ccc(O)cc3)c(-c3ccc(O)cc3)nc12. The largest absolute Gasteiger partial charge is 0.508 e. The predicted molar refractivity (Wildman–Crippen MR) is 99.2 cm³/mol. The van der Waals surface area contributed by atoms with Crippen molar-refractivity contribution in [2.24, 2.45) is 5.18 Å². The van der Waals surface area contributed by atoms with Crippen LogP contribution in [0.15, 0.2) is 71.9 Å². The summed E-state index contributed by atoms with van der Waals surface area (Å²) in [6, 6.07) is 18.3. The smallest absolute Gasteiger partial charge is 0.135 e. The second kappa shape index (κ2) is 6.25. The van der Waals surface area contributed by atoms with Crippen LogP contribution >= 0.6 is 0 Å². The summed E-state index contributed by atoms with van der Waals surface area (Å²) in [5, 5.41) is 22.1. The number of fused-ring (bicyclic) bond motifs is 1. The van der Waals surface area contributed by atoms with Crippen molar-refractivity contribution in [3.63, 3.8) is 0 Å². The molecule has 4 rings (SSSR count). The Morgan fingerprint density at radius 2 is 1.23 bits per heavy atom. The van der Waals surface area contributed by atoms with Crippen LogP contribution in [-0.2, 0) is 0 Å². The molecular weight excluding hydrogens is 330 g/mol. The van der Waals surface area contributed by atoms with Crippen LogP contribution in [0.25, 0.3) is 33.5 Å². The molecule has 1 heterocycles. The molecule has 0 spiro atoms. The highest BCUT2D eigenvalue weighted by Crippen LogP contribution is 2.34. The predicted octanol–water partition coefficient (Wildman–Crippen LogP) is 4.77. The average Bonchev–Trinajstić information content (AvgIpc) is 2.68. The first-order chi connectivity index (χ1) is 12.7. The van der Waals surface area contributed by atoms with Crippen LogP contribution in [0, 0.1) is 4.91 Å². The van der Waals surface area contributed by atoms with Gasteiger partial charge in [-0.2, -0.15) is 0 Å². The number of nitrogens with zero attached hydrogens (tertiary/aromatic N) is 3. The summed E-state index contributed by atoms with van der Waals surface area (Å²) in [4.78, 5) is 20.4. The average molecular weight is 343 g/mol. The number of phenolic OH excluding ortho intramolecular Hbond substituents is 2. The van der Waals surface area contributed by atoms with Gasteiger partial charge < -0.3 is 10.2 Å². The van der Waals surface area contributed by atoms with Crippen LogP contribution in [0.1, 0.15) is 0 Å². The maximum Gasteiger partial charge on any atom is 0.135 e. The molecule has 0 saturated carbocycles. The van der Waals surface area contributed by atoms with Gasteiger partial charge in [-0.25, -0.2) is 9.97 Å². The summed E-state index contributed by atoms with van der Waals surface area (Å²) in [5.74, 6) is 0.296. The Kier molecular flexibility index (Phi) is 3.78. The van der Waals surface area contributed by atoms with Gasteiger partial charge in [0.15, 0.2) is 0 Å². The Bertz CT molecular complexity index is 1110. The number of para-hydroxylation sites is 1. The molecular formula is C20H13N3O3. The standard InChI is InChI=1S/C20H13N3O3/c24-14-8-4-12(5-9-14)18-19(13-6-10-15(25)11-7-13)22-20-16(21-18)2-1-3-17(20)23-26/h1-11,24-25H. The molecule has 126 valence electrons. The van der Waals surface area contributed by atoms with Gasteiger partial charge in [-0.1, -0.05) is 6.07 Å². The van der Waals surface area contributed by atoms with E-state index in [0.717, 1.165) is 11.1 Å². The number of benzene rings is 3. The maximum atomic E-state index is 11.1. The lowest BCUT2D eigenvalue weighted by Gasteiger charge is -2.11. The molecule has 26 heavy (non-hydrogen) atoms. The molecule has 1 aromatic heterocycles. The van der Waals surface area contributed by atoms with Crippen molar-refractivity contribution in [1.82, 2.24) is 9.97 Å². The molecule has 0 aliphatic heterocycles. The van der Waals surface area contributed by atoms with Crippen molar-refractivity contribution >= 4 is 16.7 Å². The summed E-state index contributed by atoms with van der Waals surface area (Å²) in [6.45, 7) is 0. The van der Waals surface area contributed by atoms with E-state index in [0.29, 0.717) is 22.4 Å². The second-order valence-corrected chi connectivity index (χ2v) is 5.75. The molecule has 0 aliphatic rings. The van der Waals surface area contributed by atoms with E-state index in [1.807, 2.05) is 0 Å². The quantitative estimate of drug-likeness (QED) is 0.522. The molecule has 0 saturated heterocycles. The van der Waals surface area contributed by atoms with Gasteiger partial charge in [0.1, 0.15) is 22.7 Å². The monoisotopic (exact) mass is 343 g/mol. The molecule has 0 radical (unpaired) electrons. The lowest BCUT2D eigenvalue weighted by Crippen LogP contribution is -1.95. The topological polar surface area (TPSA) is 95.7 Å². The molecule has 3 aromatic carbocycles. The van der Waals surface area contributed by atoms with Gasteiger partial charge in [-0.05, 0) is 65.8 Å². The molecule has 0 atom stereocenters. The number of aromatic hydroxyl groups is 2. The highest BCUT2D eigenvalue weighted by molar-refractivity contribution is 5.91. The highest BCUT2D eigenvalue weighted by Gasteiger charge is 2.15. The first-order valence-electron chi connectivity index (χ1n) is 7.88. The minimum atomic E-state index is 0.143. The molecule has 0 amide bonds. The fourth-order valence-corrected chi connectivity index (χ4v) is 2.78. The minimum Gasteiger partial charge on any atom is -0.508 e. The van der Waals surface area contributed by atoms with Crippen molar-refractivity contribution in [1.29, 1.82) is 0 Å². The number of hydrogen-bond acceptors (Lipinski definition) is 6. The molecule has 2 N–H and O–H groups in total. The zero-order chi connectivity index (χ0) is 18.1. The molecule has 4 aromatic rings. The van der Waals surface area contributed by atoms with Gasteiger partial charge in [0.05, 0.1) is 16.9 Å². The number of aromatic nitrogens is 2. The number of rotatable bonds is 3. The molecule has 0 fully saturated rings. The summed E-state index contributed by atoms with van der Waals surface area (Å²) in [7, 11) is 0. The van der Waals surface area contributed by atoms with Gasteiger partial charge in [-0.3, -0.25) is 0 Å². The van der Waals surface area contributed by atoms with Gasteiger partial charge in [0.25, 0.3) is 0 Å². The van der Waals surface area contributed by atoms with Crippen molar-refractivity contribution in [3.05, 3.63) is 71.6 Å². The zero-order valence-electron chi connectivity index (χ0n) is 13.5. The lowest BCUT2D eigenvalue weighted by atomic mass is 10.0. The Hall–Kier alpha value is -3.80. The second-order valence-electron chi connectivity index (χ2n) is 5.75. The van der Waals surface area contributed by atoms with Gasteiger partial charge in [0.2, 0.25) is 0 Å². The Labute approximate surface area is 148 Å². The summed E-state index contributed by atoms with van der Waals surface area (Å²) in [6.07, 6.45) is 0. The lowest BCUT2D eigenvalue weighted by molar-refractivity contribution is 0.475. The van der Waals surface area contributed by atoms with E-state index in [9.17, 15) is 15.1 Å². The molecule has 6 nitrogen and oxygen atoms in total. The first kappa shape index (κ1) is 15.7. The van der Waals surface area contributed by atoms with E-state index >= 15 is 0 Å². The maximum absolute atomic E-state index is 11.1. The minimum absolute atomic E-state index is 0.143. The van der Waals surface area contributed by atoms with Gasteiger partial charge in [0, 0.05) is 11.1 Å². The van der Waals surface area contributed by atoms with Crippen LogP contribution in [0.3, 0.4) is 0 Å². The normalized spacial score (nSPS) is 10.8. The van der Waals surface area contributed by atoms with Crippen molar-refractivity contribution < 1.29 is 10.2 Å². The fraction of sp³-hybridized carbons (Fsp3) is 0. The fourth-order valence-electron chi connectivity index (χ4n) is 2.78. The molecule has 0 aliphatic carbocycles. The Balaban J connectivity index is 2.04. The van der Waals surface area contributed by atoms with Crippen LogP contribution < -0.4 is 0 Å². The van der Waals surface area contributed by atoms with Gasteiger partial charge >= 0.3 is 0 Å². The third kappa shape index (κ3) is 2.73. The Morgan fingerprint density at radius 3 is 1.77 bits per heavy atom. The van der Waals surface area contributed by atoms with Gasteiger partial charge in [-0.15, -0.1) is 4.91 Å². The Morgan fingerprint density at radius 1 is 0.692 bits per heavy atom. The van der Waals surface area contributed by atoms with Crippen LogP contribution in [0.2, 0.25) is 0 Å². The summed E-state index contributed by atoms with van der Waals surface area (Å²) < 4.78 is 0. The first-order valence-corrected chi connectivity index (χ1v) is 7.88. The van der Waals surface area contributed by atoms with Crippen LogP contribution in [-0.4, -0.2) is 20.2 Å². The van der Waals surface area contributed by atoms with E-state index in [4.69, 9.17) is 0 Å². The highest BCUT2D eigenvalue weighted by atomic mass is 16.3. The molecule has 0 bridgehead atoms. The molecule has 6 heteroatoms. The third-order valence-electron chi connectivity index (χ3n) is 4.05. The molecule has 0 unspecified atom stereocenters. The van der Waals surface area contributed by atoms with E-state index < -0.39 is 0 Å². The van der Waals surface area contributed by atoms with Crippen molar-refractivity contribution in [3.8, 4) is 34.0 Å². The van der Waals surface area contributed by atoms with E-state index in [-0.39, 0.29) is 17.2 Å². The van der Waals surface area contributed by atoms with Crippen molar-refractivity contribution in [2.75, 3.05) is 0 Å². The van der Waals surface area contributed by atoms with E-state index in [1.54, 1.807) is 66.7 Å². The number of hydrogen-bond donors (Lipinski definition) is 2.